The Hall–Kier alpha value is -2.87. The Bertz CT molecular complexity index is 906. The fourth-order valence-electron chi connectivity index (χ4n) is 3.75. The van der Waals surface area contributed by atoms with Gasteiger partial charge in [0.05, 0.1) is 6.67 Å². The van der Waals surface area contributed by atoms with E-state index in [1.165, 1.54) is 50.7 Å². The maximum Gasteiger partial charge on any atom is 0.316 e. The highest BCUT2D eigenvalue weighted by atomic mass is 32.2. The molecule has 7 nitrogen and oxygen atoms in total. The van der Waals surface area contributed by atoms with Crippen LogP contribution in [0.15, 0.2) is 48.5 Å². The molecule has 0 saturated heterocycles. The number of hydrogen-bond acceptors (Lipinski definition) is 5. The molecular formula is C29H43N3O4S. The minimum atomic E-state index is -0.287. The summed E-state index contributed by atoms with van der Waals surface area (Å²) in [4.78, 5) is 24.2. The lowest BCUT2D eigenvalue weighted by Crippen LogP contribution is -2.42. The van der Waals surface area contributed by atoms with Crippen molar-refractivity contribution in [1.82, 2.24) is 16.0 Å². The number of carbonyl (C=O) groups excluding carboxylic acids is 2. The fourth-order valence-corrected chi connectivity index (χ4v) is 5.03. The molecule has 2 aromatic carbocycles. The molecule has 0 fully saturated rings. The van der Waals surface area contributed by atoms with Crippen molar-refractivity contribution in [3.8, 4) is 17.2 Å². The highest BCUT2D eigenvalue weighted by molar-refractivity contribution is 7.99. The number of nitrogens with one attached hydrogen (secondary N) is 3. The van der Waals surface area contributed by atoms with Gasteiger partial charge >= 0.3 is 6.03 Å². The zero-order chi connectivity index (χ0) is 26.7. The van der Waals surface area contributed by atoms with E-state index in [2.05, 4.69) is 41.6 Å². The summed E-state index contributed by atoms with van der Waals surface area (Å²) < 4.78 is 5.68. The van der Waals surface area contributed by atoms with Crippen molar-refractivity contribution in [1.29, 1.82) is 0 Å². The zero-order valence-corrected chi connectivity index (χ0v) is 23.1. The summed E-state index contributed by atoms with van der Waals surface area (Å²) in [6.07, 6.45) is 11.1. The minimum absolute atomic E-state index is 0.0461. The Labute approximate surface area is 226 Å². The predicted octanol–water partition coefficient (Wildman–Crippen LogP) is 6.82. The number of hydrogen-bond donors (Lipinski definition) is 4. The van der Waals surface area contributed by atoms with Crippen molar-refractivity contribution in [2.75, 3.05) is 19.0 Å². The highest BCUT2D eigenvalue weighted by Gasteiger charge is 2.08. The van der Waals surface area contributed by atoms with Crippen LogP contribution in [-0.4, -0.2) is 41.3 Å². The molecular weight excluding hydrogens is 486 g/mol. The molecule has 8 heteroatoms. The number of urea groups is 1. The third-order valence-electron chi connectivity index (χ3n) is 5.98. The predicted molar refractivity (Wildman–Crippen MR) is 153 cm³/mol. The van der Waals surface area contributed by atoms with Crippen LogP contribution in [0.5, 0.6) is 17.2 Å². The molecule has 0 aliphatic heterocycles. The van der Waals surface area contributed by atoms with Gasteiger partial charge in [-0.3, -0.25) is 4.79 Å². The number of ether oxygens (including phenoxy) is 1. The van der Waals surface area contributed by atoms with Gasteiger partial charge in [0.25, 0.3) is 5.91 Å². The number of aromatic hydroxyl groups is 1. The van der Waals surface area contributed by atoms with Gasteiger partial charge in [-0.1, -0.05) is 46.0 Å². The molecule has 37 heavy (non-hydrogen) atoms. The number of carbonyl (C=O) groups is 2. The third kappa shape index (κ3) is 13.3. The summed E-state index contributed by atoms with van der Waals surface area (Å²) in [5, 5.41) is 18.3. The van der Waals surface area contributed by atoms with E-state index >= 15 is 0 Å². The van der Waals surface area contributed by atoms with Crippen molar-refractivity contribution in [2.24, 2.45) is 0 Å². The van der Waals surface area contributed by atoms with Crippen molar-refractivity contribution in [2.45, 2.75) is 76.9 Å². The Balaban J connectivity index is 1.50. The van der Waals surface area contributed by atoms with E-state index in [1.807, 2.05) is 0 Å². The Kier molecular flexibility index (Phi) is 15.1. The molecule has 3 amide bonds. The normalized spacial score (nSPS) is 11.5. The van der Waals surface area contributed by atoms with Crippen LogP contribution in [0.2, 0.25) is 0 Å². The van der Waals surface area contributed by atoms with Crippen LogP contribution in [0.25, 0.3) is 0 Å². The monoisotopic (exact) mass is 529 g/mol. The van der Waals surface area contributed by atoms with Gasteiger partial charge in [-0.25, -0.2) is 4.79 Å². The molecule has 4 N–H and O–H groups in total. The Morgan fingerprint density at radius 1 is 0.838 bits per heavy atom. The van der Waals surface area contributed by atoms with Crippen LogP contribution in [-0.2, 0) is 0 Å². The second kappa shape index (κ2) is 18.4. The lowest BCUT2D eigenvalue weighted by Gasteiger charge is -2.14. The van der Waals surface area contributed by atoms with Crippen molar-refractivity contribution < 1.29 is 19.4 Å². The van der Waals surface area contributed by atoms with Crippen LogP contribution in [0, 0.1) is 0 Å². The molecule has 0 bridgehead atoms. The molecule has 1 atom stereocenters. The minimum Gasteiger partial charge on any atom is -0.508 e. The first-order chi connectivity index (χ1) is 18.0. The number of unbranched alkanes of at least 4 members (excludes halogenated alkanes) is 5. The van der Waals surface area contributed by atoms with E-state index < -0.39 is 0 Å². The van der Waals surface area contributed by atoms with E-state index in [0.717, 1.165) is 18.1 Å². The molecule has 0 heterocycles. The van der Waals surface area contributed by atoms with E-state index in [0.29, 0.717) is 23.6 Å². The van der Waals surface area contributed by atoms with E-state index in [4.69, 9.17) is 4.74 Å². The van der Waals surface area contributed by atoms with Gasteiger partial charge < -0.3 is 25.8 Å². The number of phenols is 1. The molecule has 0 aromatic heterocycles. The second-order valence-corrected chi connectivity index (χ2v) is 10.5. The summed E-state index contributed by atoms with van der Waals surface area (Å²) in [6, 6.07) is 12.8. The van der Waals surface area contributed by atoms with Gasteiger partial charge in [-0.05, 0) is 80.0 Å². The van der Waals surface area contributed by atoms with Crippen molar-refractivity contribution in [3.05, 3.63) is 54.1 Å². The topological polar surface area (TPSA) is 99.7 Å². The Morgan fingerprint density at radius 2 is 1.51 bits per heavy atom. The average molecular weight is 530 g/mol. The third-order valence-corrected chi connectivity index (χ3v) is 7.55. The number of thioether (sulfide) groups is 1. The van der Waals surface area contributed by atoms with Gasteiger partial charge in [0.1, 0.15) is 17.2 Å². The van der Waals surface area contributed by atoms with E-state index in [9.17, 15) is 14.7 Å². The Morgan fingerprint density at radius 3 is 2.19 bits per heavy atom. The molecule has 0 radical (unpaired) electrons. The summed E-state index contributed by atoms with van der Waals surface area (Å²) in [5.41, 5.74) is 0.463. The number of rotatable bonds is 18. The van der Waals surface area contributed by atoms with Gasteiger partial charge in [0.15, 0.2) is 0 Å². The van der Waals surface area contributed by atoms with Gasteiger partial charge in [0.2, 0.25) is 0 Å². The highest BCUT2D eigenvalue weighted by Crippen LogP contribution is 2.24. The standard InChI is InChI=1S/C29H43N3O4S/c1-3-5-8-11-27(4-2)37-21-10-7-6-9-20-30-29(35)32-22-31-28(34)23-12-16-25(17-13-23)36-26-18-14-24(33)15-19-26/h12-19,27,33H,3-11,20-22H2,1-2H3,(H,31,34)(H2,30,32,35). The zero-order valence-electron chi connectivity index (χ0n) is 22.3. The first-order valence-electron chi connectivity index (χ1n) is 13.5. The van der Waals surface area contributed by atoms with E-state index in [-0.39, 0.29) is 24.4 Å². The maximum absolute atomic E-state index is 12.3. The first kappa shape index (κ1) is 30.4. The van der Waals surface area contributed by atoms with Crippen molar-refractivity contribution >= 4 is 23.7 Å². The lowest BCUT2D eigenvalue weighted by atomic mass is 10.1. The molecule has 1 unspecified atom stereocenters. The average Bonchev–Trinajstić information content (AvgIpc) is 2.90. The molecule has 0 saturated carbocycles. The second-order valence-electron chi connectivity index (χ2n) is 9.05. The van der Waals surface area contributed by atoms with Crippen LogP contribution in [0.4, 0.5) is 4.79 Å². The number of amides is 3. The summed E-state index contributed by atoms with van der Waals surface area (Å²) in [7, 11) is 0. The number of benzene rings is 2. The summed E-state index contributed by atoms with van der Waals surface area (Å²) in [6.45, 7) is 5.22. The molecule has 0 spiro atoms. The maximum atomic E-state index is 12.3. The van der Waals surface area contributed by atoms with Crippen LogP contribution >= 0.6 is 11.8 Å². The molecule has 2 aromatic rings. The van der Waals surface area contributed by atoms with Crippen LogP contribution in [0.3, 0.4) is 0 Å². The smallest absolute Gasteiger partial charge is 0.316 e. The molecule has 2 rings (SSSR count). The van der Waals surface area contributed by atoms with Gasteiger partial charge in [-0.15, -0.1) is 0 Å². The van der Waals surface area contributed by atoms with Crippen LogP contribution < -0.4 is 20.7 Å². The van der Waals surface area contributed by atoms with E-state index in [1.54, 1.807) is 48.5 Å². The fraction of sp³-hybridized carbons (Fsp3) is 0.517. The lowest BCUT2D eigenvalue weighted by molar-refractivity contribution is 0.0952. The molecule has 204 valence electrons. The van der Waals surface area contributed by atoms with Gasteiger partial charge in [0, 0.05) is 17.4 Å². The van der Waals surface area contributed by atoms with Crippen molar-refractivity contribution in [3.63, 3.8) is 0 Å². The summed E-state index contributed by atoms with van der Waals surface area (Å²) in [5.74, 6) is 2.27. The summed E-state index contributed by atoms with van der Waals surface area (Å²) >= 11 is 2.12. The quantitative estimate of drug-likeness (QED) is 0.125. The molecule has 0 aliphatic rings. The first-order valence-corrected chi connectivity index (χ1v) is 14.5. The largest absolute Gasteiger partial charge is 0.508 e. The van der Waals surface area contributed by atoms with Crippen LogP contribution in [0.1, 0.15) is 82.0 Å². The number of phenolic OH excluding ortho intramolecular Hbond substituents is 1. The molecule has 0 aliphatic carbocycles. The van der Waals surface area contributed by atoms with Gasteiger partial charge in [-0.2, -0.15) is 11.8 Å². The SMILES string of the molecule is CCCCCC(CC)SCCCCCCNC(=O)NCNC(=O)c1ccc(Oc2ccc(O)cc2)cc1.